The standard InChI is InChI=1S/C17H28B2N5Si/c1-4-5-6-10-15-22-18(2)23(16-11-8-7-9-12-16)25-24(19(22)3)17-13-14-20-21-17/h7-9,11-14,25H,4-6,10,15H2,1-3H3,(H,20,21). The molecule has 1 aliphatic rings. The Hall–Kier alpha value is -1.66. The van der Waals surface area contributed by atoms with Crippen molar-refractivity contribution in [3.8, 4) is 0 Å². The fourth-order valence-corrected chi connectivity index (χ4v) is 5.16. The number of unbranched alkanes of at least 4 members (excludes halogenated alkanes) is 3. The van der Waals surface area contributed by atoms with Crippen molar-refractivity contribution in [3.63, 3.8) is 0 Å². The molecule has 1 radical (unpaired) electrons. The fraction of sp³-hybridized carbons (Fsp3) is 0.471. The lowest BCUT2D eigenvalue weighted by Crippen LogP contribution is -2.72. The number of anilines is 2. The van der Waals surface area contributed by atoms with Gasteiger partial charge < -0.3 is 13.7 Å². The first-order valence-corrected chi connectivity index (χ1v) is 10.5. The normalized spacial score (nSPS) is 16.0. The van der Waals surface area contributed by atoms with E-state index >= 15 is 0 Å². The molecule has 1 aliphatic heterocycles. The zero-order chi connectivity index (χ0) is 17.6. The molecule has 0 amide bonds. The molecule has 3 rings (SSSR count). The number of H-pyrrole nitrogens is 1. The van der Waals surface area contributed by atoms with Crippen molar-refractivity contribution in [2.45, 2.75) is 46.3 Å². The SMILES string of the molecule is CCCCCCN1B(C)N(c2ccccc2)[SiH]N(c2ccn[nH]2)B1C. The van der Waals surface area contributed by atoms with E-state index in [1.54, 1.807) is 0 Å². The Kier molecular flexibility index (Phi) is 6.26. The second-order valence-electron chi connectivity index (χ2n) is 6.77. The Bertz CT molecular complexity index is 627. The van der Waals surface area contributed by atoms with Crippen LogP contribution < -0.4 is 8.95 Å². The molecule has 0 aliphatic carbocycles. The number of aromatic nitrogens is 2. The molecule has 0 atom stereocenters. The summed E-state index contributed by atoms with van der Waals surface area (Å²) in [4.78, 5) is 0. The van der Waals surface area contributed by atoms with Gasteiger partial charge in [0.05, 0.1) is 6.20 Å². The Morgan fingerprint density at radius 3 is 2.44 bits per heavy atom. The van der Waals surface area contributed by atoms with Gasteiger partial charge in [0.15, 0.2) is 0 Å². The highest BCUT2D eigenvalue weighted by Crippen LogP contribution is 2.25. The van der Waals surface area contributed by atoms with Gasteiger partial charge in [-0.05, 0) is 31.2 Å². The molecule has 2 heterocycles. The second kappa shape index (κ2) is 8.62. The van der Waals surface area contributed by atoms with Crippen molar-refractivity contribution in [1.29, 1.82) is 0 Å². The van der Waals surface area contributed by atoms with Gasteiger partial charge in [-0.15, -0.1) is 0 Å². The third-order valence-corrected chi connectivity index (χ3v) is 7.04. The van der Waals surface area contributed by atoms with E-state index in [1.165, 1.54) is 31.4 Å². The van der Waals surface area contributed by atoms with Gasteiger partial charge in [-0.3, -0.25) is 5.10 Å². The van der Waals surface area contributed by atoms with Crippen molar-refractivity contribution in [1.82, 2.24) is 14.9 Å². The second-order valence-corrected chi connectivity index (χ2v) is 8.11. The van der Waals surface area contributed by atoms with Crippen molar-refractivity contribution in [3.05, 3.63) is 42.6 Å². The summed E-state index contributed by atoms with van der Waals surface area (Å²) in [6.07, 6.45) is 7.03. The van der Waals surface area contributed by atoms with Crippen molar-refractivity contribution >= 4 is 35.3 Å². The first kappa shape index (κ1) is 18.1. The molecule has 0 unspecified atom stereocenters. The molecule has 1 fully saturated rings. The van der Waals surface area contributed by atoms with Crippen molar-refractivity contribution in [2.24, 2.45) is 0 Å². The van der Waals surface area contributed by atoms with Crippen LogP contribution in [0.3, 0.4) is 0 Å². The highest BCUT2D eigenvalue weighted by atomic mass is 28.2. The van der Waals surface area contributed by atoms with Gasteiger partial charge in [-0.25, -0.2) is 0 Å². The lowest BCUT2D eigenvalue weighted by atomic mass is 9.61. The maximum Gasteiger partial charge on any atom is 0.323 e. The van der Waals surface area contributed by atoms with E-state index in [-0.39, 0.29) is 9.84 Å². The topological polar surface area (TPSA) is 38.4 Å². The molecular formula is C17H28B2N5Si. The first-order chi connectivity index (χ1) is 12.2. The Morgan fingerprint density at radius 1 is 1.00 bits per heavy atom. The summed E-state index contributed by atoms with van der Waals surface area (Å²) >= 11 is 0. The van der Waals surface area contributed by atoms with Crippen LogP contribution in [0, 0.1) is 0 Å². The molecular weight excluding hydrogens is 324 g/mol. The zero-order valence-corrected chi connectivity index (χ0v) is 16.8. The summed E-state index contributed by atoms with van der Waals surface area (Å²) < 4.78 is 7.67. The van der Waals surface area contributed by atoms with Gasteiger partial charge in [0.2, 0.25) is 0 Å². The third-order valence-electron chi connectivity index (χ3n) is 5.10. The number of benzene rings is 1. The van der Waals surface area contributed by atoms with E-state index in [1.807, 2.05) is 6.20 Å². The van der Waals surface area contributed by atoms with E-state index < -0.39 is 0 Å². The molecule has 8 heteroatoms. The summed E-state index contributed by atoms with van der Waals surface area (Å²) in [7, 11) is -0.0375. The monoisotopic (exact) mass is 352 g/mol. The average molecular weight is 352 g/mol. The summed E-state index contributed by atoms with van der Waals surface area (Å²) in [6.45, 7) is 8.87. The smallest absolute Gasteiger partial charge is 0.323 e. The summed E-state index contributed by atoms with van der Waals surface area (Å²) in [6, 6.07) is 12.9. The lowest BCUT2D eigenvalue weighted by molar-refractivity contribution is 0.558. The van der Waals surface area contributed by atoms with E-state index in [0.29, 0.717) is 14.0 Å². The van der Waals surface area contributed by atoms with E-state index in [9.17, 15) is 0 Å². The summed E-state index contributed by atoms with van der Waals surface area (Å²) in [5.41, 5.74) is 1.31. The Labute approximate surface area is 155 Å². The molecule has 0 saturated carbocycles. The van der Waals surface area contributed by atoms with Crippen LogP contribution in [0.2, 0.25) is 13.6 Å². The van der Waals surface area contributed by atoms with Crippen molar-refractivity contribution in [2.75, 3.05) is 15.5 Å². The summed E-state index contributed by atoms with van der Waals surface area (Å²) in [5.74, 6) is 1.12. The number of nitrogens with one attached hydrogen (secondary N) is 1. The number of hydrogen-bond acceptors (Lipinski definition) is 4. The van der Waals surface area contributed by atoms with E-state index in [0.717, 1.165) is 12.4 Å². The highest BCUT2D eigenvalue weighted by Gasteiger charge is 2.41. The lowest BCUT2D eigenvalue weighted by Gasteiger charge is -2.49. The van der Waals surface area contributed by atoms with Crippen LogP contribution in [-0.2, 0) is 0 Å². The molecule has 1 saturated heterocycles. The highest BCUT2D eigenvalue weighted by molar-refractivity contribution is 6.92. The van der Waals surface area contributed by atoms with Crippen molar-refractivity contribution < 1.29 is 0 Å². The van der Waals surface area contributed by atoms with Crippen LogP contribution in [0.15, 0.2) is 42.6 Å². The maximum atomic E-state index is 4.17. The quantitative estimate of drug-likeness (QED) is 0.614. The number of para-hydroxylation sites is 1. The van der Waals surface area contributed by atoms with Gasteiger partial charge in [0, 0.05) is 5.69 Å². The van der Waals surface area contributed by atoms with Gasteiger partial charge in [0.1, 0.15) is 5.82 Å². The Morgan fingerprint density at radius 2 is 1.76 bits per heavy atom. The molecule has 0 spiro atoms. The van der Waals surface area contributed by atoms with Gasteiger partial charge in [-0.2, -0.15) is 5.10 Å². The third kappa shape index (κ3) is 4.12. The average Bonchev–Trinajstić information content (AvgIpc) is 3.16. The van der Waals surface area contributed by atoms with Crippen LogP contribution in [-0.4, -0.2) is 45.3 Å². The molecule has 2 aromatic rings. The van der Waals surface area contributed by atoms with Gasteiger partial charge >= 0.3 is 14.0 Å². The Balaban J connectivity index is 1.81. The number of aromatic amines is 1. The molecule has 5 nitrogen and oxygen atoms in total. The predicted octanol–water partition coefficient (Wildman–Crippen LogP) is 3.12. The first-order valence-electron chi connectivity index (χ1n) is 9.44. The van der Waals surface area contributed by atoms with Crippen LogP contribution in [0.5, 0.6) is 0 Å². The van der Waals surface area contributed by atoms with E-state index in [4.69, 9.17) is 0 Å². The minimum Gasteiger partial charge on any atom is -0.416 e. The molecule has 25 heavy (non-hydrogen) atoms. The van der Waals surface area contributed by atoms with Gasteiger partial charge in [-0.1, -0.05) is 58.0 Å². The molecule has 0 bridgehead atoms. The van der Waals surface area contributed by atoms with Gasteiger partial charge in [0.25, 0.3) is 9.84 Å². The number of hydrogen-bond donors (Lipinski definition) is 1. The van der Waals surface area contributed by atoms with Crippen LogP contribution in [0.4, 0.5) is 11.5 Å². The zero-order valence-electron chi connectivity index (χ0n) is 15.6. The number of rotatable bonds is 7. The van der Waals surface area contributed by atoms with E-state index in [2.05, 4.69) is 80.8 Å². The maximum absolute atomic E-state index is 4.17. The molecule has 131 valence electrons. The largest absolute Gasteiger partial charge is 0.416 e. The molecule has 1 aromatic carbocycles. The van der Waals surface area contributed by atoms with Crippen LogP contribution >= 0.6 is 0 Å². The van der Waals surface area contributed by atoms with Crippen LogP contribution in [0.25, 0.3) is 0 Å². The minimum absolute atomic E-state index is 0.0375. The predicted molar refractivity (Wildman–Crippen MR) is 111 cm³/mol. The molecule has 1 N–H and O–H groups in total. The fourth-order valence-electron chi connectivity index (χ4n) is 3.59. The minimum atomic E-state index is -0.0375. The number of nitrogens with zero attached hydrogens (tertiary/aromatic N) is 4. The molecule has 1 aromatic heterocycles. The summed E-state index contributed by atoms with van der Waals surface area (Å²) in [5, 5.41) is 7.33. The van der Waals surface area contributed by atoms with Crippen LogP contribution in [0.1, 0.15) is 32.6 Å².